The van der Waals surface area contributed by atoms with Gasteiger partial charge in [-0.25, -0.2) is 0 Å². The van der Waals surface area contributed by atoms with Crippen LogP contribution in [0.3, 0.4) is 0 Å². The van der Waals surface area contributed by atoms with Crippen molar-refractivity contribution in [3.05, 3.63) is 30.1 Å². The Kier molecular flexibility index (Phi) is 4.35. The van der Waals surface area contributed by atoms with Crippen LogP contribution in [-0.2, 0) is 9.47 Å². The van der Waals surface area contributed by atoms with Crippen LogP contribution in [0.5, 0.6) is 0 Å². The molecule has 1 heterocycles. The van der Waals surface area contributed by atoms with Gasteiger partial charge in [0.1, 0.15) is 4.83 Å². The maximum atomic E-state index is 5.11. The second kappa shape index (κ2) is 5.32. The minimum absolute atomic E-state index is 0.0382. The van der Waals surface area contributed by atoms with E-state index in [1.165, 1.54) is 0 Å². The molecule has 1 aromatic heterocycles. The third kappa shape index (κ3) is 2.76. The molecule has 0 saturated heterocycles. The largest absolute Gasteiger partial charge is 0.354 e. The molecule has 13 heavy (non-hydrogen) atoms. The summed E-state index contributed by atoms with van der Waals surface area (Å²) in [6, 6.07) is 5.72. The van der Waals surface area contributed by atoms with Gasteiger partial charge in [0.2, 0.25) is 0 Å². The lowest BCUT2D eigenvalue weighted by atomic mass is 10.2. The van der Waals surface area contributed by atoms with Crippen LogP contribution >= 0.6 is 15.9 Å². The Hall–Kier alpha value is -0.450. The summed E-state index contributed by atoms with van der Waals surface area (Å²) in [5, 5.41) is 0. The Bertz CT molecular complexity index is 239. The summed E-state index contributed by atoms with van der Waals surface area (Å²) < 4.78 is 10.2. The van der Waals surface area contributed by atoms with Crippen molar-refractivity contribution in [3.8, 4) is 0 Å². The van der Waals surface area contributed by atoms with Gasteiger partial charge in [-0.3, -0.25) is 4.98 Å². The van der Waals surface area contributed by atoms with Crippen molar-refractivity contribution in [1.82, 2.24) is 4.98 Å². The standard InChI is InChI=1S/C9H12BrNO2/c1-12-9(13-2)8(10)7-5-3-4-6-11-7/h3-6,8-9H,1-2H3. The molecule has 0 aliphatic heterocycles. The summed E-state index contributed by atoms with van der Waals surface area (Å²) in [6.45, 7) is 0. The van der Waals surface area contributed by atoms with Crippen molar-refractivity contribution in [2.24, 2.45) is 0 Å². The van der Waals surface area contributed by atoms with Gasteiger partial charge in [0.25, 0.3) is 0 Å². The zero-order chi connectivity index (χ0) is 9.68. The maximum Gasteiger partial charge on any atom is 0.174 e. The van der Waals surface area contributed by atoms with Crippen LogP contribution in [0.15, 0.2) is 24.4 Å². The third-order valence-electron chi connectivity index (χ3n) is 1.67. The first-order chi connectivity index (χ1) is 6.29. The van der Waals surface area contributed by atoms with Crippen molar-refractivity contribution in [2.45, 2.75) is 11.1 Å². The van der Waals surface area contributed by atoms with Crippen molar-refractivity contribution in [2.75, 3.05) is 14.2 Å². The number of nitrogens with zero attached hydrogens (tertiary/aromatic N) is 1. The summed E-state index contributed by atoms with van der Waals surface area (Å²) in [7, 11) is 3.21. The Labute approximate surface area is 86.2 Å². The summed E-state index contributed by atoms with van der Waals surface area (Å²) >= 11 is 3.46. The van der Waals surface area contributed by atoms with Gasteiger partial charge in [-0.05, 0) is 12.1 Å². The van der Waals surface area contributed by atoms with Crippen LogP contribution in [0.4, 0.5) is 0 Å². The SMILES string of the molecule is COC(OC)C(Br)c1ccccn1. The van der Waals surface area contributed by atoms with E-state index in [4.69, 9.17) is 9.47 Å². The van der Waals surface area contributed by atoms with Crippen LogP contribution in [0.1, 0.15) is 10.5 Å². The monoisotopic (exact) mass is 245 g/mol. The number of hydrogen-bond donors (Lipinski definition) is 0. The first-order valence-corrected chi connectivity index (χ1v) is 4.81. The van der Waals surface area contributed by atoms with Crippen molar-refractivity contribution >= 4 is 15.9 Å². The van der Waals surface area contributed by atoms with Crippen LogP contribution in [-0.4, -0.2) is 25.5 Å². The molecule has 1 rings (SSSR count). The summed E-state index contributed by atoms with van der Waals surface area (Å²) in [4.78, 5) is 4.15. The maximum absolute atomic E-state index is 5.11. The molecule has 1 unspecified atom stereocenters. The first kappa shape index (κ1) is 10.6. The van der Waals surface area contributed by atoms with E-state index in [1.807, 2.05) is 18.2 Å². The van der Waals surface area contributed by atoms with E-state index in [-0.39, 0.29) is 11.1 Å². The third-order valence-corrected chi connectivity index (χ3v) is 2.57. The van der Waals surface area contributed by atoms with Crippen molar-refractivity contribution in [1.29, 1.82) is 0 Å². The molecule has 0 aliphatic carbocycles. The highest BCUT2D eigenvalue weighted by molar-refractivity contribution is 9.09. The zero-order valence-electron chi connectivity index (χ0n) is 7.61. The van der Waals surface area contributed by atoms with E-state index in [0.29, 0.717) is 0 Å². The van der Waals surface area contributed by atoms with E-state index < -0.39 is 0 Å². The van der Waals surface area contributed by atoms with E-state index in [0.717, 1.165) is 5.69 Å². The predicted molar refractivity (Wildman–Crippen MR) is 53.7 cm³/mol. The fraction of sp³-hybridized carbons (Fsp3) is 0.444. The highest BCUT2D eigenvalue weighted by Gasteiger charge is 2.20. The van der Waals surface area contributed by atoms with Crippen molar-refractivity contribution < 1.29 is 9.47 Å². The van der Waals surface area contributed by atoms with Crippen LogP contribution in [0.2, 0.25) is 0 Å². The molecule has 72 valence electrons. The molecule has 0 spiro atoms. The lowest BCUT2D eigenvalue weighted by Gasteiger charge is -2.18. The second-order valence-electron chi connectivity index (χ2n) is 2.50. The number of hydrogen-bond acceptors (Lipinski definition) is 3. The second-order valence-corrected chi connectivity index (χ2v) is 3.48. The number of halogens is 1. The summed E-state index contributed by atoms with van der Waals surface area (Å²) in [6.07, 6.45) is 1.43. The van der Waals surface area contributed by atoms with Crippen LogP contribution < -0.4 is 0 Å². The summed E-state index contributed by atoms with van der Waals surface area (Å²) in [5.41, 5.74) is 0.899. The lowest BCUT2D eigenvalue weighted by Crippen LogP contribution is -2.19. The zero-order valence-corrected chi connectivity index (χ0v) is 9.19. The number of pyridine rings is 1. The summed E-state index contributed by atoms with van der Waals surface area (Å²) in [5.74, 6) is 0. The molecule has 0 aliphatic rings. The molecule has 0 saturated carbocycles. The van der Waals surface area contributed by atoms with Gasteiger partial charge in [0.05, 0.1) is 5.69 Å². The molecule has 0 bridgehead atoms. The molecule has 0 radical (unpaired) electrons. The molecule has 1 aromatic rings. The number of alkyl halides is 1. The Morgan fingerprint density at radius 2 is 2.00 bits per heavy atom. The van der Waals surface area contributed by atoms with E-state index in [1.54, 1.807) is 20.4 Å². The minimum atomic E-state index is -0.310. The molecular weight excluding hydrogens is 234 g/mol. The molecule has 0 aromatic carbocycles. The number of rotatable bonds is 4. The number of aromatic nitrogens is 1. The molecule has 3 nitrogen and oxygen atoms in total. The molecule has 0 fully saturated rings. The van der Waals surface area contributed by atoms with Gasteiger partial charge in [0.15, 0.2) is 6.29 Å². The predicted octanol–water partition coefficient (Wildman–Crippen LogP) is 2.14. The topological polar surface area (TPSA) is 31.4 Å². The average molecular weight is 246 g/mol. The molecule has 0 N–H and O–H groups in total. The lowest BCUT2D eigenvalue weighted by molar-refractivity contribution is -0.101. The quantitative estimate of drug-likeness (QED) is 0.602. The Morgan fingerprint density at radius 1 is 1.31 bits per heavy atom. The first-order valence-electron chi connectivity index (χ1n) is 3.90. The van der Waals surface area contributed by atoms with E-state index in [2.05, 4.69) is 20.9 Å². The van der Waals surface area contributed by atoms with E-state index >= 15 is 0 Å². The fourth-order valence-electron chi connectivity index (χ4n) is 1.01. The van der Waals surface area contributed by atoms with E-state index in [9.17, 15) is 0 Å². The molecule has 0 amide bonds. The van der Waals surface area contributed by atoms with Gasteiger partial charge in [-0.2, -0.15) is 0 Å². The van der Waals surface area contributed by atoms with Crippen LogP contribution in [0.25, 0.3) is 0 Å². The van der Waals surface area contributed by atoms with Gasteiger partial charge in [-0.1, -0.05) is 22.0 Å². The molecule has 1 atom stereocenters. The highest BCUT2D eigenvalue weighted by atomic mass is 79.9. The fourth-order valence-corrected chi connectivity index (χ4v) is 1.72. The van der Waals surface area contributed by atoms with Gasteiger partial charge < -0.3 is 9.47 Å². The molecule has 4 heteroatoms. The Morgan fingerprint density at radius 3 is 2.46 bits per heavy atom. The van der Waals surface area contributed by atoms with Crippen LogP contribution in [0, 0.1) is 0 Å². The number of ether oxygens (including phenoxy) is 2. The normalized spacial score (nSPS) is 13.2. The van der Waals surface area contributed by atoms with Gasteiger partial charge in [-0.15, -0.1) is 0 Å². The van der Waals surface area contributed by atoms with Gasteiger partial charge >= 0.3 is 0 Å². The Balaban J connectivity index is 2.72. The smallest absolute Gasteiger partial charge is 0.174 e. The average Bonchev–Trinajstić information content (AvgIpc) is 2.21. The number of methoxy groups -OCH3 is 2. The molecular formula is C9H12BrNO2. The highest BCUT2D eigenvalue weighted by Crippen LogP contribution is 2.26. The van der Waals surface area contributed by atoms with Crippen molar-refractivity contribution in [3.63, 3.8) is 0 Å². The van der Waals surface area contributed by atoms with Gasteiger partial charge in [0, 0.05) is 20.4 Å². The minimum Gasteiger partial charge on any atom is -0.354 e.